The molecule has 2 aromatic carbocycles. The Morgan fingerprint density at radius 1 is 1.03 bits per heavy atom. The molecule has 1 fully saturated rings. The summed E-state index contributed by atoms with van der Waals surface area (Å²) >= 11 is 0. The normalized spacial score (nSPS) is 17.4. The quantitative estimate of drug-likeness (QED) is 0.560. The molecule has 0 aromatic heterocycles. The van der Waals surface area contributed by atoms with Crippen molar-refractivity contribution in [2.45, 2.75) is 69.9 Å². The van der Waals surface area contributed by atoms with Gasteiger partial charge in [-0.3, -0.25) is 9.59 Å². The zero-order chi connectivity index (χ0) is 25.0. The first kappa shape index (κ1) is 24.8. The molecule has 0 spiro atoms. The highest BCUT2D eigenvalue weighted by atomic mass is 16.5. The number of benzene rings is 2. The van der Waals surface area contributed by atoms with Gasteiger partial charge in [-0.1, -0.05) is 48.5 Å². The number of alkyl carbamates (subject to hydrolysis) is 1. The van der Waals surface area contributed by atoms with Gasteiger partial charge >= 0.3 is 12.1 Å². The highest BCUT2D eigenvalue weighted by molar-refractivity contribution is 5.79. The van der Waals surface area contributed by atoms with E-state index in [-0.39, 0.29) is 37.3 Å². The monoisotopic (exact) mass is 478 g/mol. The fourth-order valence-corrected chi connectivity index (χ4v) is 5.28. The van der Waals surface area contributed by atoms with Gasteiger partial charge in [-0.05, 0) is 61.8 Å². The molecule has 1 saturated heterocycles. The van der Waals surface area contributed by atoms with E-state index in [2.05, 4.69) is 29.6 Å². The van der Waals surface area contributed by atoms with Crippen LogP contribution in [0.3, 0.4) is 0 Å². The lowest BCUT2D eigenvalue weighted by atomic mass is 9.95. The van der Waals surface area contributed by atoms with E-state index in [0.29, 0.717) is 13.0 Å². The lowest BCUT2D eigenvalue weighted by Crippen LogP contribution is -2.47. The molecule has 35 heavy (non-hydrogen) atoms. The average molecular weight is 479 g/mol. The second-order valence-corrected chi connectivity index (χ2v) is 10.2. The molecular formula is C28H34N2O5. The molecule has 1 heterocycles. The van der Waals surface area contributed by atoms with E-state index in [9.17, 15) is 14.4 Å². The molecule has 2 N–H and O–H groups in total. The maximum Gasteiger partial charge on any atom is 0.407 e. The molecule has 0 unspecified atom stereocenters. The SMILES string of the molecule is CC(C)(CCC(=O)N1CCCC[C@@H]1CC(=O)O)NC(=O)OCC1c2ccccc2-c2ccccc21. The number of carboxylic acids is 1. The molecule has 0 bridgehead atoms. The summed E-state index contributed by atoms with van der Waals surface area (Å²) in [5.74, 6) is -0.951. The number of carbonyl (C=O) groups is 3. The fraction of sp³-hybridized carbons (Fsp3) is 0.464. The van der Waals surface area contributed by atoms with Gasteiger partial charge in [0.05, 0.1) is 6.42 Å². The molecule has 1 aliphatic heterocycles. The number of aliphatic carboxylic acids is 1. The first-order valence-electron chi connectivity index (χ1n) is 12.4. The minimum absolute atomic E-state index is 0.0110. The Morgan fingerprint density at radius 2 is 1.66 bits per heavy atom. The third-order valence-electron chi connectivity index (χ3n) is 7.11. The Balaban J connectivity index is 1.30. The van der Waals surface area contributed by atoms with Crippen molar-refractivity contribution in [3.05, 3.63) is 59.7 Å². The van der Waals surface area contributed by atoms with E-state index >= 15 is 0 Å². The highest BCUT2D eigenvalue weighted by Crippen LogP contribution is 2.44. The van der Waals surface area contributed by atoms with Crippen LogP contribution < -0.4 is 5.32 Å². The Labute approximate surface area is 206 Å². The van der Waals surface area contributed by atoms with Gasteiger partial charge in [0.1, 0.15) is 6.61 Å². The van der Waals surface area contributed by atoms with Crippen molar-refractivity contribution in [3.63, 3.8) is 0 Å². The van der Waals surface area contributed by atoms with Crippen LogP contribution in [0.4, 0.5) is 4.79 Å². The van der Waals surface area contributed by atoms with Crippen molar-refractivity contribution in [1.82, 2.24) is 10.2 Å². The van der Waals surface area contributed by atoms with Crippen LogP contribution in [0.1, 0.15) is 69.4 Å². The molecule has 7 nitrogen and oxygen atoms in total. The van der Waals surface area contributed by atoms with Crippen molar-refractivity contribution in [3.8, 4) is 11.1 Å². The third kappa shape index (κ3) is 5.84. The summed E-state index contributed by atoms with van der Waals surface area (Å²) in [4.78, 5) is 38.4. The second-order valence-electron chi connectivity index (χ2n) is 10.2. The molecule has 186 valence electrons. The highest BCUT2D eigenvalue weighted by Gasteiger charge is 2.32. The molecule has 2 amide bonds. The van der Waals surface area contributed by atoms with Crippen LogP contribution in [-0.4, -0.2) is 52.7 Å². The Kier molecular flexibility index (Phi) is 7.43. The van der Waals surface area contributed by atoms with Crippen LogP contribution in [0.25, 0.3) is 11.1 Å². The summed E-state index contributed by atoms with van der Waals surface area (Å²) in [7, 11) is 0. The molecule has 2 aliphatic rings. The van der Waals surface area contributed by atoms with Crippen LogP contribution in [0.15, 0.2) is 48.5 Å². The lowest BCUT2D eigenvalue weighted by Gasteiger charge is -2.36. The van der Waals surface area contributed by atoms with Crippen molar-refractivity contribution in [2.24, 2.45) is 0 Å². The number of ether oxygens (including phenoxy) is 1. The van der Waals surface area contributed by atoms with Crippen molar-refractivity contribution in [1.29, 1.82) is 0 Å². The fourth-order valence-electron chi connectivity index (χ4n) is 5.28. The number of carboxylic acid groups (broad SMARTS) is 1. The number of nitrogens with one attached hydrogen (secondary N) is 1. The van der Waals surface area contributed by atoms with Gasteiger partial charge in [-0.25, -0.2) is 4.79 Å². The summed E-state index contributed by atoms with van der Waals surface area (Å²) in [5.41, 5.74) is 4.02. The summed E-state index contributed by atoms with van der Waals surface area (Å²) in [6.07, 6.45) is 2.71. The van der Waals surface area contributed by atoms with Gasteiger partial charge in [-0.2, -0.15) is 0 Å². The smallest absolute Gasteiger partial charge is 0.407 e. The number of nitrogens with zero attached hydrogens (tertiary/aromatic N) is 1. The molecule has 1 aliphatic carbocycles. The van der Waals surface area contributed by atoms with Crippen LogP contribution >= 0.6 is 0 Å². The van der Waals surface area contributed by atoms with Crippen LogP contribution in [0.2, 0.25) is 0 Å². The van der Waals surface area contributed by atoms with Crippen LogP contribution in [-0.2, 0) is 14.3 Å². The van der Waals surface area contributed by atoms with Gasteiger partial charge in [-0.15, -0.1) is 0 Å². The minimum Gasteiger partial charge on any atom is -0.481 e. The number of piperidine rings is 1. The Bertz CT molecular complexity index is 1050. The van der Waals surface area contributed by atoms with Gasteiger partial charge in [0.2, 0.25) is 5.91 Å². The number of carbonyl (C=O) groups excluding carboxylic acids is 2. The zero-order valence-electron chi connectivity index (χ0n) is 20.5. The number of likely N-dealkylation sites (tertiary alicyclic amines) is 1. The van der Waals surface area contributed by atoms with E-state index in [1.54, 1.807) is 4.90 Å². The largest absolute Gasteiger partial charge is 0.481 e. The molecule has 0 saturated carbocycles. The number of hydrogen-bond acceptors (Lipinski definition) is 4. The second kappa shape index (κ2) is 10.5. The van der Waals surface area contributed by atoms with Gasteiger partial charge in [0.25, 0.3) is 0 Å². The molecule has 0 radical (unpaired) electrons. The lowest BCUT2D eigenvalue weighted by molar-refractivity contribution is -0.142. The number of hydrogen-bond donors (Lipinski definition) is 2. The van der Waals surface area contributed by atoms with Crippen LogP contribution in [0, 0.1) is 0 Å². The Morgan fingerprint density at radius 3 is 2.29 bits per heavy atom. The minimum atomic E-state index is -0.882. The van der Waals surface area contributed by atoms with E-state index in [1.807, 2.05) is 38.1 Å². The van der Waals surface area contributed by atoms with E-state index in [1.165, 1.54) is 11.1 Å². The van der Waals surface area contributed by atoms with E-state index in [4.69, 9.17) is 9.84 Å². The van der Waals surface area contributed by atoms with Crippen molar-refractivity contribution < 1.29 is 24.2 Å². The number of rotatable bonds is 8. The summed E-state index contributed by atoms with van der Waals surface area (Å²) in [6.45, 7) is 4.57. The zero-order valence-corrected chi connectivity index (χ0v) is 20.5. The molecule has 1 atom stereocenters. The third-order valence-corrected chi connectivity index (χ3v) is 7.11. The number of amides is 2. The first-order valence-corrected chi connectivity index (χ1v) is 12.4. The molecule has 4 rings (SSSR count). The van der Waals surface area contributed by atoms with Gasteiger partial charge in [0.15, 0.2) is 0 Å². The van der Waals surface area contributed by atoms with Gasteiger partial charge < -0.3 is 20.1 Å². The van der Waals surface area contributed by atoms with E-state index in [0.717, 1.165) is 30.4 Å². The maximum absolute atomic E-state index is 12.8. The number of fused-ring (bicyclic) bond motifs is 3. The van der Waals surface area contributed by atoms with Crippen molar-refractivity contribution >= 4 is 18.0 Å². The summed E-state index contributed by atoms with van der Waals surface area (Å²) in [6, 6.07) is 16.1. The average Bonchev–Trinajstić information content (AvgIpc) is 3.15. The summed E-state index contributed by atoms with van der Waals surface area (Å²) < 4.78 is 5.65. The maximum atomic E-state index is 12.8. The predicted molar refractivity (Wildman–Crippen MR) is 133 cm³/mol. The molecule has 7 heteroatoms. The topological polar surface area (TPSA) is 95.9 Å². The standard InChI is InChI=1S/C28H34N2O5/c1-28(2,15-14-25(31)30-16-8-7-9-19(30)17-26(32)33)29-27(34)35-18-24-22-12-5-3-10-20(22)21-11-4-6-13-23(21)24/h3-6,10-13,19,24H,7-9,14-18H2,1-2H3,(H,29,34)(H,32,33)/t19-/m1/s1. The van der Waals surface area contributed by atoms with Crippen molar-refractivity contribution in [2.75, 3.05) is 13.2 Å². The molecular weight excluding hydrogens is 444 g/mol. The van der Waals surface area contributed by atoms with Crippen LogP contribution in [0.5, 0.6) is 0 Å². The Hall–Kier alpha value is -3.35. The first-order chi connectivity index (χ1) is 16.7. The van der Waals surface area contributed by atoms with E-state index < -0.39 is 17.6 Å². The molecule has 2 aromatic rings. The predicted octanol–water partition coefficient (Wildman–Crippen LogP) is 4.94. The van der Waals surface area contributed by atoms with Gasteiger partial charge in [0, 0.05) is 30.5 Å². The summed E-state index contributed by atoms with van der Waals surface area (Å²) in [5, 5.41) is 12.1.